The van der Waals surface area contributed by atoms with Crippen molar-refractivity contribution in [3.05, 3.63) is 36.5 Å². The first-order valence-corrected chi connectivity index (χ1v) is 5.78. The number of rotatable bonds is 6. The summed E-state index contributed by atoms with van der Waals surface area (Å²) in [4.78, 5) is 5.28. The molecule has 2 N–H and O–H groups in total. The van der Waals surface area contributed by atoms with Crippen LogP contribution in [0.5, 0.6) is 0 Å². The number of hydrogen-bond donors (Lipinski definition) is 2. The van der Waals surface area contributed by atoms with Crippen molar-refractivity contribution in [2.24, 2.45) is 0 Å². The summed E-state index contributed by atoms with van der Waals surface area (Å²) in [6.07, 6.45) is 5.06. The van der Waals surface area contributed by atoms with Crippen molar-refractivity contribution in [3.63, 3.8) is 0 Å². The molecule has 0 saturated carbocycles. The van der Waals surface area contributed by atoms with Crippen LogP contribution in [0.1, 0.15) is 20.3 Å². The molecule has 0 amide bonds. The van der Waals surface area contributed by atoms with Crippen molar-refractivity contribution in [1.29, 1.82) is 0 Å². The Kier molecular flexibility index (Phi) is 5.46. The van der Waals surface area contributed by atoms with E-state index in [0.717, 1.165) is 18.5 Å². The Morgan fingerprint density at radius 2 is 2.50 bits per heavy atom. The highest BCUT2D eigenvalue weighted by molar-refractivity contribution is 5.34. The molecule has 0 unspecified atom stereocenters. The number of nitrogens with one attached hydrogen (secondary N) is 2. The van der Waals surface area contributed by atoms with Crippen LogP contribution in [0.2, 0.25) is 0 Å². The van der Waals surface area contributed by atoms with Gasteiger partial charge >= 0.3 is 0 Å². The summed E-state index contributed by atoms with van der Waals surface area (Å²) in [6.45, 7) is 13.2. The van der Waals surface area contributed by atoms with Crippen molar-refractivity contribution in [2.45, 2.75) is 32.4 Å². The minimum atomic E-state index is 0.181. The van der Waals surface area contributed by atoms with Crippen LogP contribution < -0.4 is 10.8 Å². The minimum Gasteiger partial charge on any atom is -0.309 e. The molecule has 0 aromatic heterocycles. The van der Waals surface area contributed by atoms with E-state index in [0.29, 0.717) is 12.6 Å². The molecule has 1 aliphatic rings. The largest absolute Gasteiger partial charge is 0.309 e. The first-order chi connectivity index (χ1) is 7.69. The van der Waals surface area contributed by atoms with Gasteiger partial charge in [-0.15, -0.1) is 6.58 Å². The first-order valence-electron chi connectivity index (χ1n) is 5.78. The second kappa shape index (κ2) is 6.63. The third-order valence-electron chi connectivity index (χ3n) is 2.70. The van der Waals surface area contributed by atoms with E-state index in [9.17, 15) is 0 Å². The third-order valence-corrected chi connectivity index (χ3v) is 2.70. The molecule has 1 heterocycles. The van der Waals surface area contributed by atoms with Crippen LogP contribution in [-0.2, 0) is 4.84 Å². The predicted octanol–water partition coefficient (Wildman–Crippen LogP) is 1.95. The molecule has 90 valence electrons. The summed E-state index contributed by atoms with van der Waals surface area (Å²) in [5.41, 5.74) is 5.38. The van der Waals surface area contributed by atoms with Gasteiger partial charge in [0, 0.05) is 12.6 Å². The molecule has 3 heteroatoms. The SMILES string of the molecule is C=CCON[C@H]1CN[C@H](CC)C=C1C(=C)C. The maximum absolute atomic E-state index is 5.28. The summed E-state index contributed by atoms with van der Waals surface area (Å²) >= 11 is 0. The quantitative estimate of drug-likeness (QED) is 0.409. The summed E-state index contributed by atoms with van der Waals surface area (Å²) in [5, 5.41) is 3.44. The Hall–Kier alpha value is -0.900. The van der Waals surface area contributed by atoms with Crippen LogP contribution in [0.3, 0.4) is 0 Å². The molecule has 1 aliphatic heterocycles. The van der Waals surface area contributed by atoms with Gasteiger partial charge in [0.1, 0.15) is 0 Å². The molecule has 16 heavy (non-hydrogen) atoms. The molecule has 0 bridgehead atoms. The Bertz CT molecular complexity index is 284. The molecule has 0 aliphatic carbocycles. The van der Waals surface area contributed by atoms with Crippen molar-refractivity contribution in [3.8, 4) is 0 Å². The summed E-state index contributed by atoms with van der Waals surface area (Å²) in [7, 11) is 0. The lowest BCUT2D eigenvalue weighted by Crippen LogP contribution is -2.47. The molecule has 0 saturated heterocycles. The van der Waals surface area contributed by atoms with Crippen molar-refractivity contribution in [1.82, 2.24) is 10.8 Å². The van der Waals surface area contributed by atoms with E-state index in [-0.39, 0.29) is 6.04 Å². The van der Waals surface area contributed by atoms with Gasteiger partial charge in [0.2, 0.25) is 0 Å². The molecule has 0 fully saturated rings. The van der Waals surface area contributed by atoms with Crippen molar-refractivity contribution < 1.29 is 4.84 Å². The van der Waals surface area contributed by atoms with E-state index in [1.807, 2.05) is 6.92 Å². The lowest BCUT2D eigenvalue weighted by molar-refractivity contribution is 0.0423. The number of hydrogen-bond acceptors (Lipinski definition) is 3. The second-order valence-electron chi connectivity index (χ2n) is 4.10. The van der Waals surface area contributed by atoms with E-state index >= 15 is 0 Å². The topological polar surface area (TPSA) is 33.3 Å². The highest BCUT2D eigenvalue weighted by atomic mass is 16.6. The fraction of sp³-hybridized carbons (Fsp3) is 0.538. The highest BCUT2D eigenvalue weighted by Crippen LogP contribution is 2.17. The van der Waals surface area contributed by atoms with E-state index in [4.69, 9.17) is 4.84 Å². The fourth-order valence-electron chi connectivity index (χ4n) is 1.79. The summed E-state index contributed by atoms with van der Waals surface area (Å²) < 4.78 is 0. The van der Waals surface area contributed by atoms with Crippen molar-refractivity contribution in [2.75, 3.05) is 13.2 Å². The van der Waals surface area contributed by atoms with Gasteiger partial charge in [-0.1, -0.05) is 31.2 Å². The molecular weight excluding hydrogens is 200 g/mol. The van der Waals surface area contributed by atoms with E-state index in [1.165, 1.54) is 5.57 Å². The van der Waals surface area contributed by atoms with Crippen LogP contribution in [0.15, 0.2) is 36.5 Å². The average molecular weight is 222 g/mol. The van der Waals surface area contributed by atoms with E-state index in [1.54, 1.807) is 6.08 Å². The molecule has 1 rings (SSSR count). The fourth-order valence-corrected chi connectivity index (χ4v) is 1.79. The lowest BCUT2D eigenvalue weighted by Gasteiger charge is -2.30. The maximum atomic E-state index is 5.28. The number of hydroxylamine groups is 1. The van der Waals surface area contributed by atoms with E-state index < -0.39 is 0 Å². The first kappa shape index (κ1) is 13.2. The van der Waals surface area contributed by atoms with Gasteiger partial charge in [-0.2, -0.15) is 5.48 Å². The molecule has 0 aromatic rings. The Morgan fingerprint density at radius 1 is 1.75 bits per heavy atom. The molecule has 2 atom stereocenters. The zero-order valence-corrected chi connectivity index (χ0v) is 10.3. The molecule has 0 radical (unpaired) electrons. The average Bonchev–Trinajstić information content (AvgIpc) is 2.29. The molecule has 3 nitrogen and oxygen atoms in total. The second-order valence-corrected chi connectivity index (χ2v) is 4.10. The van der Waals surface area contributed by atoms with Crippen LogP contribution in [0, 0.1) is 0 Å². The van der Waals surface area contributed by atoms with Gasteiger partial charge in [-0.3, -0.25) is 4.84 Å². The Balaban J connectivity index is 2.62. The smallest absolute Gasteiger partial charge is 0.0861 e. The third kappa shape index (κ3) is 3.59. The van der Waals surface area contributed by atoms with Gasteiger partial charge in [-0.05, 0) is 18.9 Å². The predicted molar refractivity (Wildman–Crippen MR) is 68.1 cm³/mol. The van der Waals surface area contributed by atoms with Gasteiger partial charge in [0.25, 0.3) is 0 Å². The van der Waals surface area contributed by atoms with E-state index in [2.05, 4.69) is 37.0 Å². The molecule has 0 aromatic carbocycles. The Morgan fingerprint density at radius 3 is 3.06 bits per heavy atom. The highest BCUT2D eigenvalue weighted by Gasteiger charge is 2.21. The zero-order chi connectivity index (χ0) is 12.0. The summed E-state index contributed by atoms with van der Waals surface area (Å²) in [6, 6.07) is 0.629. The summed E-state index contributed by atoms with van der Waals surface area (Å²) in [5.74, 6) is 0. The minimum absolute atomic E-state index is 0.181. The van der Waals surface area contributed by atoms with Gasteiger partial charge in [-0.25, -0.2) is 0 Å². The van der Waals surface area contributed by atoms with Gasteiger partial charge in [0.15, 0.2) is 0 Å². The van der Waals surface area contributed by atoms with Crippen LogP contribution >= 0.6 is 0 Å². The molecular formula is C13H22N2O. The maximum Gasteiger partial charge on any atom is 0.0861 e. The standard InChI is InChI=1S/C13H22N2O/c1-5-7-16-15-13-9-14-11(6-2)8-12(13)10(3)4/h5,8,11,13-15H,1,3,6-7,9H2,2,4H3/t11-,13+/m1/s1. The van der Waals surface area contributed by atoms with Crippen molar-refractivity contribution >= 4 is 0 Å². The van der Waals surface area contributed by atoms with Gasteiger partial charge in [0.05, 0.1) is 12.6 Å². The zero-order valence-electron chi connectivity index (χ0n) is 10.3. The van der Waals surface area contributed by atoms with Crippen LogP contribution in [0.4, 0.5) is 0 Å². The normalized spacial score (nSPS) is 25.0. The lowest BCUT2D eigenvalue weighted by atomic mass is 9.94. The van der Waals surface area contributed by atoms with Crippen LogP contribution in [-0.4, -0.2) is 25.2 Å². The van der Waals surface area contributed by atoms with Gasteiger partial charge < -0.3 is 5.32 Å². The Labute approximate surface area is 98.2 Å². The molecule has 0 spiro atoms. The monoisotopic (exact) mass is 222 g/mol. The van der Waals surface area contributed by atoms with Crippen LogP contribution in [0.25, 0.3) is 0 Å².